The van der Waals surface area contributed by atoms with E-state index in [0.29, 0.717) is 25.6 Å². The minimum Gasteiger partial charge on any atom is -0.444 e. The lowest BCUT2D eigenvalue weighted by molar-refractivity contribution is 0.0102. The molecule has 0 N–H and O–H groups in total. The van der Waals surface area contributed by atoms with Gasteiger partial charge < -0.3 is 14.2 Å². The topological polar surface area (TPSA) is 51.5 Å². The first-order valence-corrected chi connectivity index (χ1v) is 7.93. The van der Waals surface area contributed by atoms with E-state index in [-0.39, 0.29) is 17.6 Å². The van der Waals surface area contributed by atoms with Crippen LogP contribution in [0, 0.1) is 12.8 Å². The molecule has 2 aliphatic rings. The molecule has 5 heteroatoms. The van der Waals surface area contributed by atoms with Gasteiger partial charge in [-0.2, -0.15) is 0 Å². The largest absolute Gasteiger partial charge is 0.444 e. The molecule has 2 aliphatic heterocycles. The molecule has 1 aromatic rings. The maximum atomic E-state index is 12.3. The average molecular weight is 304 g/mol. The Bertz CT molecular complexity index is 657. The summed E-state index contributed by atoms with van der Waals surface area (Å²) in [5, 5.41) is 0. The van der Waals surface area contributed by atoms with Crippen molar-refractivity contribution in [3.8, 4) is 0 Å². The highest BCUT2D eigenvalue weighted by Gasteiger charge is 2.37. The fourth-order valence-electron chi connectivity index (χ4n) is 3.53. The number of piperidine rings is 1. The van der Waals surface area contributed by atoms with E-state index >= 15 is 0 Å². The molecule has 1 saturated heterocycles. The van der Waals surface area contributed by atoms with Gasteiger partial charge in [0, 0.05) is 36.8 Å². The summed E-state index contributed by atoms with van der Waals surface area (Å²) in [6.45, 7) is 9.51. The molecule has 0 saturated carbocycles. The van der Waals surface area contributed by atoms with Gasteiger partial charge in [-0.3, -0.25) is 4.79 Å². The molecule has 22 heavy (non-hydrogen) atoms. The lowest BCUT2D eigenvalue weighted by atomic mass is 9.83. The van der Waals surface area contributed by atoms with Gasteiger partial charge in [-0.15, -0.1) is 0 Å². The number of rotatable bonds is 0. The number of fused-ring (bicyclic) bond motifs is 4. The summed E-state index contributed by atoms with van der Waals surface area (Å²) in [6.07, 6.45) is 0.798. The molecule has 2 unspecified atom stereocenters. The Balaban J connectivity index is 1.84. The van der Waals surface area contributed by atoms with Gasteiger partial charge in [0.1, 0.15) is 5.60 Å². The van der Waals surface area contributed by atoms with E-state index in [4.69, 9.17) is 4.74 Å². The summed E-state index contributed by atoms with van der Waals surface area (Å²) < 4.78 is 7.40. The first kappa shape index (κ1) is 15.1. The summed E-state index contributed by atoms with van der Waals surface area (Å²) in [5.74, 6) is 0.562. The third-order valence-electron chi connectivity index (χ3n) is 4.45. The molecular weight excluding hydrogens is 280 g/mol. The second-order valence-electron chi connectivity index (χ2n) is 7.54. The van der Waals surface area contributed by atoms with Crippen LogP contribution in [0.4, 0.5) is 4.79 Å². The molecule has 1 amide bonds. The van der Waals surface area contributed by atoms with Crippen LogP contribution in [0.2, 0.25) is 0 Å². The van der Waals surface area contributed by atoms with Gasteiger partial charge in [-0.05, 0) is 46.1 Å². The molecule has 0 aromatic carbocycles. The van der Waals surface area contributed by atoms with E-state index in [9.17, 15) is 9.59 Å². The van der Waals surface area contributed by atoms with Crippen molar-refractivity contribution in [1.82, 2.24) is 9.47 Å². The Morgan fingerprint density at radius 1 is 1.23 bits per heavy atom. The monoisotopic (exact) mass is 304 g/mol. The number of hydrogen-bond donors (Lipinski definition) is 0. The standard InChI is InChI=1S/C17H24N2O3/c1-11-5-6-14-13-7-12(9-19(14)15(11)20)8-18(10-13)16(21)22-17(2,3)4/h5-6,12-13H,7-10H2,1-4H3. The van der Waals surface area contributed by atoms with Crippen LogP contribution in [0.25, 0.3) is 0 Å². The van der Waals surface area contributed by atoms with Crippen molar-refractivity contribution < 1.29 is 9.53 Å². The molecule has 1 fully saturated rings. The Morgan fingerprint density at radius 2 is 1.95 bits per heavy atom. The quantitative estimate of drug-likeness (QED) is 0.740. The van der Waals surface area contributed by atoms with Crippen LogP contribution in [-0.2, 0) is 11.3 Å². The number of aromatic nitrogens is 1. The van der Waals surface area contributed by atoms with Crippen LogP contribution < -0.4 is 5.56 Å². The van der Waals surface area contributed by atoms with E-state index in [2.05, 4.69) is 0 Å². The second kappa shape index (κ2) is 5.14. The minimum atomic E-state index is -0.477. The van der Waals surface area contributed by atoms with Gasteiger partial charge in [0.15, 0.2) is 0 Å². The predicted molar refractivity (Wildman–Crippen MR) is 84.1 cm³/mol. The highest BCUT2D eigenvalue weighted by Crippen LogP contribution is 2.35. The Kier molecular flexibility index (Phi) is 3.54. The summed E-state index contributed by atoms with van der Waals surface area (Å²) in [5.41, 5.74) is 1.47. The Hall–Kier alpha value is -1.78. The van der Waals surface area contributed by atoms with Crippen molar-refractivity contribution in [2.45, 2.75) is 52.2 Å². The Labute approximate surface area is 130 Å². The van der Waals surface area contributed by atoms with Gasteiger partial charge >= 0.3 is 6.09 Å². The fraction of sp³-hybridized carbons (Fsp3) is 0.647. The number of amides is 1. The Morgan fingerprint density at radius 3 is 2.64 bits per heavy atom. The zero-order valence-electron chi connectivity index (χ0n) is 13.8. The van der Waals surface area contributed by atoms with Crippen molar-refractivity contribution in [2.24, 2.45) is 5.92 Å². The van der Waals surface area contributed by atoms with Crippen molar-refractivity contribution in [2.75, 3.05) is 13.1 Å². The van der Waals surface area contributed by atoms with E-state index < -0.39 is 5.60 Å². The molecule has 3 rings (SSSR count). The molecule has 0 spiro atoms. The van der Waals surface area contributed by atoms with Crippen molar-refractivity contribution in [3.05, 3.63) is 33.7 Å². The number of carbonyl (C=O) groups is 1. The number of nitrogens with zero attached hydrogens (tertiary/aromatic N) is 2. The van der Waals surface area contributed by atoms with Crippen molar-refractivity contribution in [3.63, 3.8) is 0 Å². The molecule has 120 valence electrons. The number of ether oxygens (including phenoxy) is 1. The maximum Gasteiger partial charge on any atom is 0.410 e. The van der Waals surface area contributed by atoms with Gasteiger partial charge in [-0.25, -0.2) is 4.79 Å². The first-order valence-electron chi connectivity index (χ1n) is 7.93. The minimum absolute atomic E-state index is 0.109. The lowest BCUT2D eigenvalue weighted by Gasteiger charge is -2.43. The second-order valence-corrected chi connectivity index (χ2v) is 7.54. The smallest absolute Gasteiger partial charge is 0.410 e. The van der Waals surface area contributed by atoms with Gasteiger partial charge in [0.05, 0.1) is 0 Å². The number of likely N-dealkylation sites (tertiary alicyclic amines) is 1. The fourth-order valence-corrected chi connectivity index (χ4v) is 3.53. The van der Waals surface area contributed by atoms with Crippen LogP contribution in [-0.4, -0.2) is 34.3 Å². The summed E-state index contributed by atoms with van der Waals surface area (Å²) in [6, 6.07) is 3.93. The normalized spacial score (nSPS) is 23.9. The zero-order valence-corrected chi connectivity index (χ0v) is 13.8. The summed E-state index contributed by atoms with van der Waals surface area (Å²) in [4.78, 5) is 26.4. The molecule has 2 atom stereocenters. The van der Waals surface area contributed by atoms with Crippen LogP contribution in [0.3, 0.4) is 0 Å². The summed E-state index contributed by atoms with van der Waals surface area (Å²) >= 11 is 0. The highest BCUT2D eigenvalue weighted by atomic mass is 16.6. The maximum absolute atomic E-state index is 12.3. The number of carbonyl (C=O) groups excluding carboxylic acids is 1. The van der Waals surface area contributed by atoms with Crippen LogP contribution in [0.5, 0.6) is 0 Å². The molecule has 1 aromatic heterocycles. The van der Waals surface area contributed by atoms with Crippen molar-refractivity contribution in [1.29, 1.82) is 0 Å². The zero-order chi connectivity index (χ0) is 16.1. The molecule has 3 heterocycles. The number of aryl methyl sites for hydroxylation is 1. The molecule has 0 aliphatic carbocycles. The van der Waals surface area contributed by atoms with Gasteiger partial charge in [0.2, 0.25) is 0 Å². The SMILES string of the molecule is Cc1ccc2n(c1=O)CC1CC2CN(C(=O)OC(C)(C)C)C1. The lowest BCUT2D eigenvalue weighted by Crippen LogP contribution is -2.50. The first-order chi connectivity index (χ1) is 10.2. The van der Waals surface area contributed by atoms with E-state index in [0.717, 1.165) is 17.7 Å². The molecule has 5 nitrogen and oxygen atoms in total. The number of hydrogen-bond acceptors (Lipinski definition) is 3. The predicted octanol–water partition coefficient (Wildman–Crippen LogP) is 2.51. The van der Waals surface area contributed by atoms with E-state index in [1.165, 1.54) is 0 Å². The van der Waals surface area contributed by atoms with Crippen LogP contribution in [0.15, 0.2) is 16.9 Å². The molecular formula is C17H24N2O3. The third-order valence-corrected chi connectivity index (χ3v) is 4.45. The van der Waals surface area contributed by atoms with Gasteiger partial charge in [0.25, 0.3) is 5.56 Å². The highest BCUT2D eigenvalue weighted by molar-refractivity contribution is 5.68. The van der Waals surface area contributed by atoms with E-state index in [1.54, 1.807) is 4.90 Å². The van der Waals surface area contributed by atoms with Gasteiger partial charge in [-0.1, -0.05) is 6.07 Å². The average Bonchev–Trinajstić information content (AvgIpc) is 2.41. The van der Waals surface area contributed by atoms with Crippen LogP contribution in [0.1, 0.15) is 44.4 Å². The molecule has 0 radical (unpaired) electrons. The van der Waals surface area contributed by atoms with E-state index in [1.807, 2.05) is 44.4 Å². The van der Waals surface area contributed by atoms with Crippen molar-refractivity contribution >= 4 is 6.09 Å². The third kappa shape index (κ3) is 2.76. The molecule has 2 bridgehead atoms. The van der Waals surface area contributed by atoms with Crippen LogP contribution >= 0.6 is 0 Å². The summed E-state index contributed by atoms with van der Waals surface area (Å²) in [7, 11) is 0. The number of pyridine rings is 1.